The molecule has 2 rings (SSSR count). The lowest BCUT2D eigenvalue weighted by atomic mass is 9.70. The van der Waals surface area contributed by atoms with Crippen LogP contribution in [0.25, 0.3) is 0 Å². The molecule has 3 nitrogen and oxygen atoms in total. The van der Waals surface area contributed by atoms with E-state index in [0.29, 0.717) is 11.3 Å². The Bertz CT molecular complexity index is 351. The molecule has 1 N–H and O–H groups in total. The minimum Gasteiger partial charge on any atom is -0.272 e. The first-order valence-electron chi connectivity index (χ1n) is 5.83. The van der Waals surface area contributed by atoms with Crippen molar-refractivity contribution in [3.05, 3.63) is 0 Å². The van der Waals surface area contributed by atoms with Crippen LogP contribution in [0.4, 0.5) is 0 Å². The Kier molecular flexibility index (Phi) is 2.77. The van der Waals surface area contributed by atoms with Gasteiger partial charge in [-0.2, -0.15) is 5.10 Å². The summed E-state index contributed by atoms with van der Waals surface area (Å²) in [6, 6.07) is 0. The highest BCUT2D eigenvalue weighted by molar-refractivity contribution is 6.27. The lowest BCUT2D eigenvalue weighted by Gasteiger charge is -2.34. The van der Waals surface area contributed by atoms with E-state index in [9.17, 15) is 4.79 Å². The molecule has 2 aliphatic carbocycles. The van der Waals surface area contributed by atoms with Crippen LogP contribution in [0.1, 0.15) is 40.0 Å². The molecule has 1 amide bonds. The van der Waals surface area contributed by atoms with Gasteiger partial charge in [0.15, 0.2) is 0 Å². The number of nitrogens with zero attached hydrogens (tertiary/aromatic N) is 1. The molecule has 2 atom stereocenters. The van der Waals surface area contributed by atoms with E-state index in [1.165, 1.54) is 12.8 Å². The number of amides is 1. The third kappa shape index (κ3) is 1.48. The van der Waals surface area contributed by atoms with E-state index in [0.717, 1.165) is 12.1 Å². The molecular formula is C12H19ClN2O. The fraction of sp³-hybridized carbons (Fsp3) is 0.833. The molecule has 90 valence electrons. The average Bonchev–Trinajstić information content (AvgIpc) is 2.58. The first-order valence-corrected chi connectivity index (χ1v) is 6.37. The van der Waals surface area contributed by atoms with Crippen molar-refractivity contribution >= 4 is 23.2 Å². The Morgan fingerprint density at radius 2 is 2.25 bits per heavy atom. The topological polar surface area (TPSA) is 41.5 Å². The third-order valence-electron chi connectivity index (χ3n) is 4.95. The van der Waals surface area contributed by atoms with Crippen molar-refractivity contribution in [1.29, 1.82) is 0 Å². The summed E-state index contributed by atoms with van der Waals surface area (Å²) >= 11 is 5.43. The Morgan fingerprint density at radius 1 is 1.56 bits per heavy atom. The molecule has 2 aliphatic rings. The highest BCUT2D eigenvalue weighted by Gasteiger charge is 2.59. The van der Waals surface area contributed by atoms with Gasteiger partial charge >= 0.3 is 0 Å². The maximum Gasteiger partial charge on any atom is 0.254 e. The molecule has 2 fully saturated rings. The maximum atomic E-state index is 11.1. The number of hydrazone groups is 1. The van der Waals surface area contributed by atoms with Crippen LogP contribution in [0.2, 0.25) is 0 Å². The SMILES string of the molecule is CC12CCC(C/C1=N/NC(=O)CCl)C2(C)C. The van der Waals surface area contributed by atoms with Gasteiger partial charge in [-0.3, -0.25) is 4.79 Å². The van der Waals surface area contributed by atoms with E-state index in [1.807, 2.05) is 0 Å². The smallest absolute Gasteiger partial charge is 0.254 e. The monoisotopic (exact) mass is 242 g/mol. The van der Waals surface area contributed by atoms with Gasteiger partial charge in [0.05, 0.1) is 0 Å². The molecule has 0 aromatic heterocycles. The summed E-state index contributed by atoms with van der Waals surface area (Å²) < 4.78 is 0. The van der Waals surface area contributed by atoms with E-state index in [4.69, 9.17) is 11.6 Å². The van der Waals surface area contributed by atoms with E-state index >= 15 is 0 Å². The summed E-state index contributed by atoms with van der Waals surface area (Å²) in [5.41, 5.74) is 4.14. The second kappa shape index (κ2) is 3.73. The third-order valence-corrected chi connectivity index (χ3v) is 5.19. The number of rotatable bonds is 2. The van der Waals surface area contributed by atoms with Crippen molar-refractivity contribution in [1.82, 2.24) is 5.43 Å². The quantitative estimate of drug-likeness (QED) is 0.587. The normalized spacial score (nSPS) is 38.0. The summed E-state index contributed by atoms with van der Waals surface area (Å²) in [6.07, 6.45) is 3.48. The molecule has 2 saturated carbocycles. The second-order valence-electron chi connectivity index (χ2n) is 5.72. The van der Waals surface area contributed by atoms with Crippen LogP contribution in [0, 0.1) is 16.7 Å². The van der Waals surface area contributed by atoms with E-state index in [2.05, 4.69) is 31.3 Å². The highest BCUT2D eigenvalue weighted by Crippen LogP contribution is 2.63. The zero-order chi connectivity index (χ0) is 12.0. The number of carbonyl (C=O) groups is 1. The van der Waals surface area contributed by atoms with Crippen molar-refractivity contribution in [3.63, 3.8) is 0 Å². The van der Waals surface area contributed by atoms with Crippen molar-refractivity contribution in [2.45, 2.75) is 40.0 Å². The van der Waals surface area contributed by atoms with Gasteiger partial charge in [-0.25, -0.2) is 5.43 Å². The van der Waals surface area contributed by atoms with Crippen LogP contribution in [-0.4, -0.2) is 17.5 Å². The number of carbonyl (C=O) groups excluding carboxylic acids is 1. The molecule has 0 heterocycles. The van der Waals surface area contributed by atoms with Crippen LogP contribution < -0.4 is 5.43 Å². The summed E-state index contributed by atoms with van der Waals surface area (Å²) in [5, 5.41) is 4.28. The van der Waals surface area contributed by atoms with E-state index < -0.39 is 0 Å². The number of alkyl halides is 1. The van der Waals surface area contributed by atoms with E-state index in [1.54, 1.807) is 0 Å². The molecule has 4 heteroatoms. The standard InChI is InChI=1S/C12H19ClN2O/c1-11(2)8-4-5-12(11,3)9(6-8)14-15-10(16)7-13/h8H,4-7H2,1-3H3,(H,15,16)/b14-9-. The Hall–Kier alpha value is -0.570. The van der Waals surface area contributed by atoms with Gasteiger partial charge in [-0.05, 0) is 30.6 Å². The zero-order valence-electron chi connectivity index (χ0n) is 10.1. The molecule has 2 bridgehead atoms. The molecule has 0 aliphatic heterocycles. The first kappa shape index (κ1) is 11.9. The molecule has 2 unspecified atom stereocenters. The van der Waals surface area contributed by atoms with Gasteiger partial charge < -0.3 is 0 Å². The number of nitrogens with one attached hydrogen (secondary N) is 1. The fourth-order valence-electron chi connectivity index (χ4n) is 3.26. The van der Waals surface area contributed by atoms with Crippen molar-refractivity contribution in [2.24, 2.45) is 21.8 Å². The van der Waals surface area contributed by atoms with Crippen LogP contribution in [0.15, 0.2) is 5.10 Å². The first-order chi connectivity index (χ1) is 7.41. The summed E-state index contributed by atoms with van der Waals surface area (Å²) in [4.78, 5) is 11.1. The minimum atomic E-state index is -0.224. The molecule has 0 aromatic rings. The summed E-state index contributed by atoms with van der Waals surface area (Å²) in [6.45, 7) is 6.90. The number of halogens is 1. The minimum absolute atomic E-state index is 0.0275. The van der Waals surface area contributed by atoms with Crippen molar-refractivity contribution in [2.75, 3.05) is 5.88 Å². The summed E-state index contributed by atoms with van der Waals surface area (Å²) in [5.74, 6) is 0.461. The van der Waals surface area contributed by atoms with Crippen LogP contribution in [0.3, 0.4) is 0 Å². The van der Waals surface area contributed by atoms with E-state index in [-0.39, 0.29) is 17.2 Å². The molecule has 16 heavy (non-hydrogen) atoms. The van der Waals surface area contributed by atoms with Crippen LogP contribution >= 0.6 is 11.6 Å². The van der Waals surface area contributed by atoms with Gasteiger partial charge in [0, 0.05) is 11.1 Å². The fourth-order valence-corrected chi connectivity index (χ4v) is 3.32. The predicted molar refractivity (Wildman–Crippen MR) is 65.5 cm³/mol. The van der Waals surface area contributed by atoms with Crippen LogP contribution in [-0.2, 0) is 4.79 Å². The lowest BCUT2D eigenvalue weighted by Crippen LogP contribution is -2.34. The molecule has 0 spiro atoms. The van der Waals surface area contributed by atoms with Gasteiger partial charge in [0.25, 0.3) is 5.91 Å². The zero-order valence-corrected chi connectivity index (χ0v) is 10.9. The average molecular weight is 243 g/mol. The Balaban J connectivity index is 2.18. The van der Waals surface area contributed by atoms with Gasteiger partial charge in [0.1, 0.15) is 5.88 Å². The summed E-state index contributed by atoms with van der Waals surface area (Å²) in [7, 11) is 0. The lowest BCUT2D eigenvalue weighted by molar-refractivity contribution is -0.118. The van der Waals surface area contributed by atoms with Crippen LogP contribution in [0.5, 0.6) is 0 Å². The highest BCUT2D eigenvalue weighted by atomic mass is 35.5. The Morgan fingerprint density at radius 3 is 2.69 bits per heavy atom. The second-order valence-corrected chi connectivity index (χ2v) is 5.99. The molecule has 0 radical (unpaired) electrons. The van der Waals surface area contributed by atoms with Gasteiger partial charge in [0.2, 0.25) is 0 Å². The van der Waals surface area contributed by atoms with Crippen molar-refractivity contribution < 1.29 is 4.79 Å². The van der Waals surface area contributed by atoms with Crippen molar-refractivity contribution in [3.8, 4) is 0 Å². The van der Waals surface area contributed by atoms with Gasteiger partial charge in [-0.15, -0.1) is 11.6 Å². The van der Waals surface area contributed by atoms with Gasteiger partial charge in [-0.1, -0.05) is 20.8 Å². The molecule has 0 saturated heterocycles. The number of hydrogen-bond acceptors (Lipinski definition) is 2. The molecule has 0 aromatic carbocycles. The number of fused-ring (bicyclic) bond motifs is 2. The molecular weight excluding hydrogens is 224 g/mol. The Labute approximate surface area is 102 Å². The largest absolute Gasteiger partial charge is 0.272 e. The maximum absolute atomic E-state index is 11.1. The number of hydrogen-bond donors (Lipinski definition) is 1. The predicted octanol–water partition coefficient (Wildman–Crippen LogP) is 2.54.